The van der Waals surface area contributed by atoms with E-state index in [1.165, 1.54) is 44.9 Å². The monoisotopic (exact) mass is 211 g/mol. The molecule has 0 radical (unpaired) electrons. The third kappa shape index (κ3) is 2.73. The van der Waals surface area contributed by atoms with Gasteiger partial charge in [-0.05, 0) is 38.0 Å². The fourth-order valence-electron chi connectivity index (χ4n) is 2.86. The number of ether oxygens (including phenoxy) is 1. The third-order valence-electron chi connectivity index (χ3n) is 3.71. The van der Waals surface area contributed by atoms with Gasteiger partial charge in [0.1, 0.15) is 5.72 Å². The van der Waals surface area contributed by atoms with Crippen LogP contribution in [-0.2, 0) is 4.74 Å². The zero-order chi connectivity index (χ0) is 10.7. The second kappa shape index (κ2) is 4.84. The van der Waals surface area contributed by atoms with Crippen LogP contribution in [0.5, 0.6) is 0 Å². The highest BCUT2D eigenvalue weighted by Crippen LogP contribution is 2.40. The number of rotatable bonds is 5. The molecule has 1 atom stereocenters. The minimum Gasteiger partial charge on any atom is -0.357 e. The van der Waals surface area contributed by atoms with Crippen molar-refractivity contribution in [3.8, 4) is 0 Å². The molecule has 1 heterocycles. The topological polar surface area (TPSA) is 21.3 Å². The van der Waals surface area contributed by atoms with Crippen LogP contribution in [0.4, 0.5) is 0 Å². The van der Waals surface area contributed by atoms with Crippen LogP contribution in [-0.4, -0.2) is 18.4 Å². The smallest absolute Gasteiger partial charge is 0.119 e. The third-order valence-corrected chi connectivity index (χ3v) is 3.71. The lowest BCUT2D eigenvalue weighted by Crippen LogP contribution is -2.55. The Bertz CT molecular complexity index is 189. The lowest BCUT2D eigenvalue weighted by molar-refractivity contribution is -0.158. The van der Waals surface area contributed by atoms with E-state index in [0.717, 1.165) is 12.5 Å². The van der Waals surface area contributed by atoms with Crippen molar-refractivity contribution >= 4 is 0 Å². The van der Waals surface area contributed by atoms with Crippen LogP contribution in [0.2, 0.25) is 0 Å². The average molecular weight is 211 g/mol. The zero-order valence-corrected chi connectivity index (χ0v) is 10.2. The van der Waals surface area contributed by atoms with Crippen molar-refractivity contribution in [2.45, 2.75) is 70.6 Å². The molecule has 1 aliphatic carbocycles. The van der Waals surface area contributed by atoms with Crippen molar-refractivity contribution in [3.05, 3.63) is 0 Å². The molecule has 0 aromatic heterocycles. The average Bonchev–Trinajstić information content (AvgIpc) is 3.02. The van der Waals surface area contributed by atoms with Crippen LogP contribution in [0.1, 0.15) is 58.8 Å². The molecule has 88 valence electrons. The molecule has 1 saturated carbocycles. The van der Waals surface area contributed by atoms with Gasteiger partial charge in [0.25, 0.3) is 0 Å². The van der Waals surface area contributed by atoms with E-state index in [1.54, 1.807) is 0 Å². The van der Waals surface area contributed by atoms with Gasteiger partial charge in [0.2, 0.25) is 0 Å². The summed E-state index contributed by atoms with van der Waals surface area (Å²) in [6, 6.07) is 0. The quantitative estimate of drug-likeness (QED) is 0.754. The number of hydrogen-bond donors (Lipinski definition) is 1. The van der Waals surface area contributed by atoms with Gasteiger partial charge in [0, 0.05) is 6.54 Å². The highest BCUT2D eigenvalue weighted by atomic mass is 16.5. The molecule has 2 heteroatoms. The van der Waals surface area contributed by atoms with Crippen molar-refractivity contribution in [2.24, 2.45) is 5.92 Å². The summed E-state index contributed by atoms with van der Waals surface area (Å²) < 4.78 is 6.37. The van der Waals surface area contributed by atoms with Gasteiger partial charge < -0.3 is 4.74 Å². The maximum atomic E-state index is 6.37. The van der Waals surface area contributed by atoms with Gasteiger partial charge in [-0.1, -0.05) is 26.7 Å². The standard InChI is InChI=1S/C13H25NO/c1-3-8-13(9-4-2)14-10-7-12(15-13)11-5-6-11/h11-12,14H,3-10H2,1-2H3. The maximum Gasteiger partial charge on any atom is 0.119 e. The molecule has 0 bridgehead atoms. The molecule has 1 N–H and O–H groups in total. The summed E-state index contributed by atoms with van der Waals surface area (Å²) >= 11 is 0. The summed E-state index contributed by atoms with van der Waals surface area (Å²) in [5.74, 6) is 0.889. The van der Waals surface area contributed by atoms with Crippen LogP contribution >= 0.6 is 0 Å². The fraction of sp³-hybridized carbons (Fsp3) is 1.00. The van der Waals surface area contributed by atoms with E-state index in [2.05, 4.69) is 19.2 Å². The van der Waals surface area contributed by atoms with Gasteiger partial charge in [-0.15, -0.1) is 0 Å². The van der Waals surface area contributed by atoms with Crippen molar-refractivity contribution in [2.75, 3.05) is 6.54 Å². The van der Waals surface area contributed by atoms with Crippen LogP contribution in [0.25, 0.3) is 0 Å². The van der Waals surface area contributed by atoms with Gasteiger partial charge >= 0.3 is 0 Å². The molecule has 0 spiro atoms. The van der Waals surface area contributed by atoms with Crippen molar-refractivity contribution in [3.63, 3.8) is 0 Å². The second-order valence-corrected chi connectivity index (χ2v) is 5.20. The summed E-state index contributed by atoms with van der Waals surface area (Å²) in [7, 11) is 0. The Morgan fingerprint density at radius 3 is 2.33 bits per heavy atom. The molecule has 1 unspecified atom stereocenters. The minimum absolute atomic E-state index is 0.0228. The van der Waals surface area contributed by atoms with Gasteiger partial charge in [-0.25, -0.2) is 0 Å². The van der Waals surface area contributed by atoms with Crippen molar-refractivity contribution in [1.29, 1.82) is 0 Å². The zero-order valence-electron chi connectivity index (χ0n) is 10.2. The summed E-state index contributed by atoms with van der Waals surface area (Å²) in [6.07, 6.45) is 9.35. The first-order valence-corrected chi connectivity index (χ1v) is 6.72. The van der Waals surface area contributed by atoms with E-state index in [1.807, 2.05) is 0 Å². The van der Waals surface area contributed by atoms with E-state index >= 15 is 0 Å². The lowest BCUT2D eigenvalue weighted by atomic mass is 9.97. The minimum atomic E-state index is 0.0228. The van der Waals surface area contributed by atoms with Crippen LogP contribution in [0, 0.1) is 5.92 Å². The molecule has 1 aliphatic heterocycles. The SMILES string of the molecule is CCCC1(CCC)NCCC(C2CC2)O1. The molecule has 2 fully saturated rings. The largest absolute Gasteiger partial charge is 0.357 e. The Morgan fingerprint density at radius 1 is 1.13 bits per heavy atom. The molecule has 2 nitrogen and oxygen atoms in total. The Hall–Kier alpha value is -0.0800. The summed E-state index contributed by atoms with van der Waals surface area (Å²) in [5, 5.41) is 3.62. The normalized spacial score (nSPS) is 30.4. The Morgan fingerprint density at radius 2 is 1.80 bits per heavy atom. The van der Waals surface area contributed by atoms with Crippen molar-refractivity contribution in [1.82, 2.24) is 5.32 Å². The summed E-state index contributed by atoms with van der Waals surface area (Å²) in [6.45, 7) is 5.66. The summed E-state index contributed by atoms with van der Waals surface area (Å²) in [4.78, 5) is 0. The number of hydrogen-bond acceptors (Lipinski definition) is 2. The number of nitrogens with one attached hydrogen (secondary N) is 1. The van der Waals surface area contributed by atoms with E-state index in [9.17, 15) is 0 Å². The highest BCUT2D eigenvalue weighted by molar-refractivity contribution is 4.90. The maximum absolute atomic E-state index is 6.37. The first-order chi connectivity index (χ1) is 7.29. The van der Waals surface area contributed by atoms with E-state index < -0.39 is 0 Å². The Kier molecular flexibility index (Phi) is 3.68. The Labute approximate surface area is 93.8 Å². The molecule has 0 aromatic carbocycles. The van der Waals surface area contributed by atoms with Gasteiger partial charge in [0.05, 0.1) is 6.10 Å². The van der Waals surface area contributed by atoms with Gasteiger partial charge in [-0.3, -0.25) is 5.32 Å². The van der Waals surface area contributed by atoms with E-state index in [4.69, 9.17) is 4.74 Å². The molecular formula is C13H25NO. The van der Waals surface area contributed by atoms with Gasteiger partial charge in [-0.2, -0.15) is 0 Å². The van der Waals surface area contributed by atoms with Crippen LogP contribution < -0.4 is 5.32 Å². The predicted molar refractivity (Wildman–Crippen MR) is 62.8 cm³/mol. The predicted octanol–water partition coefficient (Wildman–Crippen LogP) is 3.07. The van der Waals surface area contributed by atoms with Crippen molar-refractivity contribution < 1.29 is 4.74 Å². The Balaban J connectivity index is 1.95. The second-order valence-electron chi connectivity index (χ2n) is 5.20. The molecule has 2 rings (SSSR count). The molecule has 0 amide bonds. The van der Waals surface area contributed by atoms with E-state index in [0.29, 0.717) is 6.10 Å². The highest BCUT2D eigenvalue weighted by Gasteiger charge is 2.41. The first-order valence-electron chi connectivity index (χ1n) is 6.72. The first kappa shape index (κ1) is 11.4. The van der Waals surface area contributed by atoms with Gasteiger partial charge in [0.15, 0.2) is 0 Å². The molecule has 2 aliphatic rings. The fourth-order valence-corrected chi connectivity index (χ4v) is 2.86. The molecule has 0 aromatic rings. The molecule has 1 saturated heterocycles. The van der Waals surface area contributed by atoms with E-state index in [-0.39, 0.29) is 5.72 Å². The molecular weight excluding hydrogens is 186 g/mol. The van der Waals surface area contributed by atoms with Crippen LogP contribution in [0.15, 0.2) is 0 Å². The van der Waals surface area contributed by atoms with Crippen LogP contribution in [0.3, 0.4) is 0 Å². The molecule has 15 heavy (non-hydrogen) atoms. The summed E-state index contributed by atoms with van der Waals surface area (Å²) in [5.41, 5.74) is 0.0228. The lowest BCUT2D eigenvalue weighted by Gasteiger charge is -2.42.